The van der Waals surface area contributed by atoms with Gasteiger partial charge in [0.25, 0.3) is 11.5 Å². The number of benzene rings is 2. The van der Waals surface area contributed by atoms with Crippen LogP contribution in [0.3, 0.4) is 0 Å². The Morgan fingerprint density at radius 1 is 1.15 bits per heavy atom. The summed E-state index contributed by atoms with van der Waals surface area (Å²) < 4.78 is 14.5. The highest BCUT2D eigenvalue weighted by atomic mass is 19.1. The van der Waals surface area contributed by atoms with Gasteiger partial charge in [-0.25, -0.2) is 14.2 Å². The summed E-state index contributed by atoms with van der Waals surface area (Å²) in [6.45, 7) is 1.74. The van der Waals surface area contributed by atoms with Gasteiger partial charge in [-0.15, -0.1) is 0 Å². The van der Waals surface area contributed by atoms with Gasteiger partial charge in [0.15, 0.2) is 0 Å². The van der Waals surface area contributed by atoms with Gasteiger partial charge in [0.05, 0.1) is 10.9 Å². The molecular weight excluding hydrogens is 435 g/mol. The van der Waals surface area contributed by atoms with Crippen LogP contribution >= 0.6 is 0 Å². The number of hydrogen-bond donors (Lipinski definition) is 5. The molecule has 0 aliphatic rings. The Morgan fingerprint density at radius 3 is 2.58 bits per heavy atom. The SMILES string of the molecule is Cc1nc2ccc(NCc3ccc(C(=O)N[C@@H](CCC(=O)O)C(=O)O)cc3F)cc2c(=O)[nH]1. The predicted molar refractivity (Wildman–Crippen MR) is 117 cm³/mol. The third kappa shape index (κ3) is 5.91. The lowest BCUT2D eigenvalue weighted by Crippen LogP contribution is -2.41. The van der Waals surface area contributed by atoms with Crippen molar-refractivity contribution >= 4 is 34.4 Å². The van der Waals surface area contributed by atoms with Gasteiger partial charge in [-0.05, 0) is 43.7 Å². The van der Waals surface area contributed by atoms with Crippen LogP contribution in [-0.4, -0.2) is 44.1 Å². The van der Waals surface area contributed by atoms with Crippen molar-refractivity contribution < 1.29 is 29.0 Å². The normalized spacial score (nSPS) is 11.7. The molecule has 0 saturated carbocycles. The zero-order valence-corrected chi connectivity index (χ0v) is 17.5. The van der Waals surface area contributed by atoms with Crippen molar-refractivity contribution in [3.05, 3.63) is 69.5 Å². The largest absolute Gasteiger partial charge is 0.481 e. The van der Waals surface area contributed by atoms with Crippen LogP contribution in [0.2, 0.25) is 0 Å². The second kappa shape index (κ2) is 9.90. The van der Waals surface area contributed by atoms with Crippen molar-refractivity contribution in [3.8, 4) is 0 Å². The van der Waals surface area contributed by atoms with Gasteiger partial charge < -0.3 is 25.8 Å². The molecular formula is C22H21FN4O6. The fourth-order valence-corrected chi connectivity index (χ4v) is 3.16. The molecule has 0 unspecified atom stereocenters. The zero-order valence-electron chi connectivity index (χ0n) is 17.5. The molecule has 3 rings (SSSR count). The number of carbonyl (C=O) groups is 3. The molecule has 0 bridgehead atoms. The predicted octanol–water partition coefficient (Wildman–Crippen LogP) is 2.03. The maximum absolute atomic E-state index is 14.5. The van der Waals surface area contributed by atoms with Crippen LogP contribution in [0.15, 0.2) is 41.2 Å². The third-order valence-corrected chi connectivity index (χ3v) is 4.87. The number of anilines is 1. The van der Waals surface area contributed by atoms with Gasteiger partial charge in [0.1, 0.15) is 17.7 Å². The summed E-state index contributed by atoms with van der Waals surface area (Å²) >= 11 is 0. The Hall–Kier alpha value is -4.28. The Labute approximate surface area is 186 Å². The summed E-state index contributed by atoms with van der Waals surface area (Å²) in [7, 11) is 0. The minimum absolute atomic E-state index is 0.0623. The van der Waals surface area contributed by atoms with Crippen molar-refractivity contribution in [1.29, 1.82) is 0 Å². The number of nitrogens with zero attached hydrogens (tertiary/aromatic N) is 1. The number of fused-ring (bicyclic) bond motifs is 1. The van der Waals surface area contributed by atoms with Crippen LogP contribution in [0.5, 0.6) is 0 Å². The number of hydrogen-bond acceptors (Lipinski definition) is 6. The number of aromatic nitrogens is 2. The number of rotatable bonds is 9. The van der Waals surface area contributed by atoms with Crippen LogP contribution in [0.25, 0.3) is 10.9 Å². The minimum atomic E-state index is -1.41. The molecule has 172 valence electrons. The van der Waals surface area contributed by atoms with Crippen molar-refractivity contribution in [2.45, 2.75) is 32.4 Å². The highest BCUT2D eigenvalue weighted by Crippen LogP contribution is 2.17. The van der Waals surface area contributed by atoms with Gasteiger partial charge in [-0.2, -0.15) is 0 Å². The Bertz CT molecular complexity index is 1290. The van der Waals surface area contributed by atoms with E-state index in [1.165, 1.54) is 12.1 Å². The molecule has 0 saturated heterocycles. The van der Waals surface area contributed by atoms with Crippen molar-refractivity contribution in [1.82, 2.24) is 15.3 Å². The molecule has 1 heterocycles. The van der Waals surface area contributed by atoms with Crippen molar-refractivity contribution in [2.75, 3.05) is 5.32 Å². The number of halogens is 1. The van der Waals surface area contributed by atoms with Gasteiger partial charge in [0.2, 0.25) is 0 Å². The summed E-state index contributed by atoms with van der Waals surface area (Å²) in [5.74, 6) is -3.60. The lowest BCUT2D eigenvalue weighted by molar-refractivity contribution is -0.140. The lowest BCUT2D eigenvalue weighted by Gasteiger charge is -2.14. The summed E-state index contributed by atoms with van der Waals surface area (Å²) in [6.07, 6.45) is -0.739. The highest BCUT2D eigenvalue weighted by molar-refractivity contribution is 5.96. The van der Waals surface area contributed by atoms with E-state index in [1.54, 1.807) is 25.1 Å². The maximum Gasteiger partial charge on any atom is 0.326 e. The number of aliphatic carboxylic acids is 2. The van der Waals surface area contributed by atoms with Gasteiger partial charge in [-0.1, -0.05) is 6.07 Å². The molecule has 0 radical (unpaired) electrons. The number of aryl methyl sites for hydroxylation is 1. The molecule has 3 aromatic rings. The van der Waals surface area contributed by atoms with E-state index >= 15 is 0 Å². The Balaban J connectivity index is 1.68. The van der Waals surface area contributed by atoms with Crippen LogP contribution in [0, 0.1) is 12.7 Å². The fraction of sp³-hybridized carbons (Fsp3) is 0.227. The molecule has 1 amide bonds. The number of H-pyrrole nitrogens is 1. The Morgan fingerprint density at radius 2 is 1.91 bits per heavy atom. The fourth-order valence-electron chi connectivity index (χ4n) is 3.16. The molecule has 5 N–H and O–H groups in total. The molecule has 1 aromatic heterocycles. The summed E-state index contributed by atoms with van der Waals surface area (Å²) in [6, 6.07) is 7.26. The van der Waals surface area contributed by atoms with Gasteiger partial charge in [0, 0.05) is 29.8 Å². The molecule has 1 atom stereocenters. The van der Waals surface area contributed by atoms with E-state index in [0.717, 1.165) is 6.07 Å². The van der Waals surface area contributed by atoms with Crippen molar-refractivity contribution in [3.63, 3.8) is 0 Å². The molecule has 0 aliphatic heterocycles. The van der Waals surface area contributed by atoms with E-state index in [4.69, 9.17) is 10.2 Å². The summed E-state index contributed by atoms with van der Waals surface area (Å²) in [5.41, 5.74) is 0.958. The van der Waals surface area contributed by atoms with Crippen molar-refractivity contribution in [2.24, 2.45) is 0 Å². The lowest BCUT2D eigenvalue weighted by atomic mass is 10.1. The second-order valence-electron chi connectivity index (χ2n) is 7.34. The second-order valence-corrected chi connectivity index (χ2v) is 7.34. The quantitative estimate of drug-likeness (QED) is 0.327. The third-order valence-electron chi connectivity index (χ3n) is 4.87. The number of carboxylic acid groups (broad SMARTS) is 2. The first-order valence-corrected chi connectivity index (χ1v) is 9.92. The molecule has 10 nitrogen and oxygen atoms in total. The first kappa shape index (κ1) is 23.4. The van der Waals surface area contributed by atoms with Crippen LogP contribution < -0.4 is 16.2 Å². The maximum atomic E-state index is 14.5. The van der Waals surface area contributed by atoms with E-state index < -0.39 is 36.1 Å². The molecule has 11 heteroatoms. The number of nitrogens with one attached hydrogen (secondary N) is 3. The van der Waals surface area contributed by atoms with E-state index in [1.807, 2.05) is 0 Å². The van der Waals surface area contributed by atoms with Crippen LogP contribution in [-0.2, 0) is 16.1 Å². The van der Waals surface area contributed by atoms with E-state index in [2.05, 4.69) is 20.6 Å². The topological polar surface area (TPSA) is 161 Å². The first-order valence-electron chi connectivity index (χ1n) is 9.92. The van der Waals surface area contributed by atoms with Gasteiger partial charge in [-0.3, -0.25) is 14.4 Å². The number of carboxylic acids is 2. The zero-order chi connectivity index (χ0) is 24.1. The van der Waals surface area contributed by atoms with E-state index in [0.29, 0.717) is 22.4 Å². The summed E-state index contributed by atoms with van der Waals surface area (Å²) in [4.78, 5) is 53.1. The van der Waals surface area contributed by atoms with E-state index in [9.17, 15) is 23.6 Å². The number of carbonyl (C=O) groups excluding carboxylic acids is 1. The molecule has 0 aliphatic carbocycles. The monoisotopic (exact) mass is 456 g/mol. The van der Waals surface area contributed by atoms with Crippen LogP contribution in [0.4, 0.5) is 10.1 Å². The summed E-state index contributed by atoms with van der Waals surface area (Å²) in [5, 5.41) is 23.4. The average Bonchev–Trinajstić information content (AvgIpc) is 2.75. The van der Waals surface area contributed by atoms with Gasteiger partial charge >= 0.3 is 11.9 Å². The molecule has 2 aromatic carbocycles. The Kier molecular flexibility index (Phi) is 7.01. The van der Waals surface area contributed by atoms with Crippen LogP contribution in [0.1, 0.15) is 34.6 Å². The highest BCUT2D eigenvalue weighted by Gasteiger charge is 2.22. The number of amides is 1. The smallest absolute Gasteiger partial charge is 0.326 e. The molecule has 33 heavy (non-hydrogen) atoms. The standard InChI is InChI=1S/C22H21FN4O6/c1-11-25-17-5-4-14(9-15(17)21(31)26-11)24-10-13-3-2-12(8-16(13)23)20(30)27-18(22(32)33)6-7-19(28)29/h2-5,8-9,18,24H,6-7,10H2,1H3,(H,27,30)(H,28,29)(H,32,33)(H,25,26,31)/t18-/m0/s1. The average molecular weight is 456 g/mol. The molecule has 0 fully saturated rings. The first-order chi connectivity index (χ1) is 15.6. The molecule has 0 spiro atoms. The number of aromatic amines is 1. The minimum Gasteiger partial charge on any atom is -0.481 e. The van der Waals surface area contributed by atoms with E-state index in [-0.39, 0.29) is 29.7 Å².